The van der Waals surface area contributed by atoms with E-state index in [2.05, 4.69) is 0 Å². The summed E-state index contributed by atoms with van der Waals surface area (Å²) in [6, 6.07) is 5.66. The van der Waals surface area contributed by atoms with E-state index in [1.54, 1.807) is 6.92 Å². The molecule has 0 amide bonds. The minimum Gasteiger partial charge on any atom is -0.490 e. The van der Waals surface area contributed by atoms with E-state index in [0.29, 0.717) is 12.4 Å². The number of aryl methyl sites for hydroxylation is 2. The number of aliphatic carboxylic acids is 1. The zero-order valence-corrected chi connectivity index (χ0v) is 10.4. The minimum absolute atomic E-state index is 0.0195. The SMILES string of the molecule is CCOC(COc1ccc(C)c(C)c1)C(=O)O. The van der Waals surface area contributed by atoms with Crippen molar-refractivity contribution in [2.24, 2.45) is 0 Å². The molecule has 0 aliphatic carbocycles. The van der Waals surface area contributed by atoms with Crippen LogP contribution in [0.25, 0.3) is 0 Å². The summed E-state index contributed by atoms with van der Waals surface area (Å²) in [6.07, 6.45) is -0.915. The Labute approximate surface area is 101 Å². The maximum absolute atomic E-state index is 10.8. The summed E-state index contributed by atoms with van der Waals surface area (Å²) in [6.45, 7) is 6.13. The third kappa shape index (κ3) is 4.07. The quantitative estimate of drug-likeness (QED) is 0.825. The first-order valence-corrected chi connectivity index (χ1v) is 5.59. The maximum Gasteiger partial charge on any atom is 0.336 e. The van der Waals surface area contributed by atoms with Crippen LogP contribution in [0.5, 0.6) is 5.75 Å². The van der Waals surface area contributed by atoms with Gasteiger partial charge >= 0.3 is 5.97 Å². The molecule has 94 valence electrons. The molecule has 0 aliphatic heterocycles. The molecule has 0 heterocycles. The predicted molar refractivity (Wildman–Crippen MR) is 64.5 cm³/mol. The third-order valence-electron chi connectivity index (χ3n) is 2.52. The van der Waals surface area contributed by atoms with Crippen molar-refractivity contribution in [1.82, 2.24) is 0 Å². The molecular formula is C13H18O4. The summed E-state index contributed by atoms with van der Waals surface area (Å²) in [7, 11) is 0. The van der Waals surface area contributed by atoms with E-state index in [1.807, 2.05) is 32.0 Å². The third-order valence-corrected chi connectivity index (χ3v) is 2.52. The van der Waals surface area contributed by atoms with Crippen LogP contribution in [0.3, 0.4) is 0 Å². The molecule has 1 N–H and O–H groups in total. The summed E-state index contributed by atoms with van der Waals surface area (Å²) >= 11 is 0. The van der Waals surface area contributed by atoms with Crippen molar-refractivity contribution in [3.05, 3.63) is 29.3 Å². The van der Waals surface area contributed by atoms with Gasteiger partial charge in [-0.1, -0.05) is 6.07 Å². The fraction of sp³-hybridized carbons (Fsp3) is 0.462. The number of ether oxygens (including phenoxy) is 2. The fourth-order valence-corrected chi connectivity index (χ4v) is 1.37. The lowest BCUT2D eigenvalue weighted by atomic mass is 10.1. The van der Waals surface area contributed by atoms with Crippen molar-refractivity contribution in [2.75, 3.05) is 13.2 Å². The van der Waals surface area contributed by atoms with E-state index in [-0.39, 0.29) is 6.61 Å². The average Bonchev–Trinajstić information content (AvgIpc) is 2.28. The molecule has 4 heteroatoms. The van der Waals surface area contributed by atoms with Gasteiger partial charge in [0.25, 0.3) is 0 Å². The average molecular weight is 238 g/mol. The molecule has 0 aromatic heterocycles. The Balaban J connectivity index is 2.59. The number of hydrogen-bond donors (Lipinski definition) is 1. The summed E-state index contributed by atoms with van der Waals surface area (Å²) < 4.78 is 10.5. The van der Waals surface area contributed by atoms with E-state index in [1.165, 1.54) is 5.56 Å². The van der Waals surface area contributed by atoms with Crippen LogP contribution in [0.4, 0.5) is 0 Å². The van der Waals surface area contributed by atoms with Gasteiger partial charge in [0.1, 0.15) is 12.4 Å². The number of benzene rings is 1. The molecule has 1 aromatic rings. The molecule has 0 saturated carbocycles. The summed E-state index contributed by atoms with van der Waals surface area (Å²) in [5, 5.41) is 8.88. The van der Waals surface area contributed by atoms with Gasteiger partial charge in [-0.3, -0.25) is 0 Å². The van der Waals surface area contributed by atoms with Gasteiger partial charge in [0.05, 0.1) is 0 Å². The largest absolute Gasteiger partial charge is 0.490 e. The van der Waals surface area contributed by atoms with Crippen molar-refractivity contribution in [3.63, 3.8) is 0 Å². The summed E-state index contributed by atoms with van der Waals surface area (Å²) in [5.74, 6) is -0.338. The normalized spacial score (nSPS) is 12.2. The molecule has 1 unspecified atom stereocenters. The van der Waals surface area contributed by atoms with Crippen LogP contribution in [-0.2, 0) is 9.53 Å². The molecule has 1 rings (SSSR count). The predicted octanol–water partition coefficient (Wildman–Crippen LogP) is 2.17. The van der Waals surface area contributed by atoms with Gasteiger partial charge in [0.15, 0.2) is 6.10 Å². The minimum atomic E-state index is -1.00. The van der Waals surface area contributed by atoms with E-state index < -0.39 is 12.1 Å². The van der Waals surface area contributed by atoms with Gasteiger partial charge in [0, 0.05) is 6.61 Å². The first-order valence-electron chi connectivity index (χ1n) is 5.59. The second-order valence-electron chi connectivity index (χ2n) is 3.84. The second-order valence-corrected chi connectivity index (χ2v) is 3.84. The molecule has 1 aromatic carbocycles. The molecule has 17 heavy (non-hydrogen) atoms. The van der Waals surface area contributed by atoms with Crippen LogP contribution in [0, 0.1) is 13.8 Å². The monoisotopic (exact) mass is 238 g/mol. The molecule has 0 spiro atoms. The van der Waals surface area contributed by atoms with E-state index in [9.17, 15) is 4.79 Å². The van der Waals surface area contributed by atoms with Gasteiger partial charge < -0.3 is 14.6 Å². The number of carboxylic acid groups (broad SMARTS) is 1. The highest BCUT2D eigenvalue weighted by molar-refractivity contribution is 5.72. The van der Waals surface area contributed by atoms with Gasteiger partial charge in [-0.25, -0.2) is 4.79 Å². The van der Waals surface area contributed by atoms with Crippen LogP contribution in [0.2, 0.25) is 0 Å². The van der Waals surface area contributed by atoms with Crippen LogP contribution in [0.15, 0.2) is 18.2 Å². The Kier molecular flexibility index (Phi) is 4.97. The first-order chi connectivity index (χ1) is 8.04. The number of carbonyl (C=O) groups is 1. The van der Waals surface area contributed by atoms with Crippen LogP contribution >= 0.6 is 0 Å². The lowest BCUT2D eigenvalue weighted by molar-refractivity contribution is -0.152. The first kappa shape index (κ1) is 13.5. The van der Waals surface area contributed by atoms with Crippen LogP contribution in [-0.4, -0.2) is 30.4 Å². The highest BCUT2D eigenvalue weighted by Gasteiger charge is 2.18. The maximum atomic E-state index is 10.8. The Morgan fingerprint density at radius 1 is 1.35 bits per heavy atom. The Hall–Kier alpha value is -1.55. The molecule has 1 atom stereocenters. The van der Waals surface area contributed by atoms with Crippen molar-refractivity contribution >= 4 is 5.97 Å². The molecule has 0 radical (unpaired) electrons. The standard InChI is InChI=1S/C13H18O4/c1-4-16-12(13(14)15)8-17-11-6-5-9(2)10(3)7-11/h5-7,12H,4,8H2,1-3H3,(H,14,15). The van der Waals surface area contributed by atoms with Crippen LogP contribution in [0.1, 0.15) is 18.1 Å². The fourth-order valence-electron chi connectivity index (χ4n) is 1.37. The van der Waals surface area contributed by atoms with Gasteiger partial charge in [-0.15, -0.1) is 0 Å². The highest BCUT2D eigenvalue weighted by atomic mass is 16.5. The molecular weight excluding hydrogens is 220 g/mol. The Morgan fingerprint density at radius 2 is 2.06 bits per heavy atom. The number of hydrogen-bond acceptors (Lipinski definition) is 3. The smallest absolute Gasteiger partial charge is 0.336 e. The summed E-state index contributed by atoms with van der Waals surface area (Å²) in [4.78, 5) is 10.8. The molecule has 0 aliphatic rings. The summed E-state index contributed by atoms with van der Waals surface area (Å²) in [5.41, 5.74) is 2.29. The van der Waals surface area contributed by atoms with Gasteiger partial charge in [-0.2, -0.15) is 0 Å². The van der Waals surface area contributed by atoms with E-state index in [0.717, 1.165) is 5.56 Å². The number of carboxylic acids is 1. The zero-order chi connectivity index (χ0) is 12.8. The Bertz CT molecular complexity index is 387. The topological polar surface area (TPSA) is 55.8 Å². The molecule has 4 nitrogen and oxygen atoms in total. The molecule has 0 bridgehead atoms. The number of rotatable bonds is 6. The van der Waals surface area contributed by atoms with Crippen molar-refractivity contribution < 1.29 is 19.4 Å². The molecule has 0 fully saturated rings. The second kappa shape index (κ2) is 6.25. The van der Waals surface area contributed by atoms with E-state index in [4.69, 9.17) is 14.6 Å². The lowest BCUT2D eigenvalue weighted by Crippen LogP contribution is -2.30. The zero-order valence-electron chi connectivity index (χ0n) is 10.4. The van der Waals surface area contributed by atoms with E-state index >= 15 is 0 Å². The lowest BCUT2D eigenvalue weighted by Gasteiger charge is -2.14. The van der Waals surface area contributed by atoms with Gasteiger partial charge in [-0.05, 0) is 44.0 Å². The van der Waals surface area contributed by atoms with Gasteiger partial charge in [0.2, 0.25) is 0 Å². The Morgan fingerprint density at radius 3 is 2.59 bits per heavy atom. The highest BCUT2D eigenvalue weighted by Crippen LogP contribution is 2.16. The van der Waals surface area contributed by atoms with Crippen molar-refractivity contribution in [3.8, 4) is 5.75 Å². The van der Waals surface area contributed by atoms with Crippen molar-refractivity contribution in [1.29, 1.82) is 0 Å². The van der Waals surface area contributed by atoms with Crippen molar-refractivity contribution in [2.45, 2.75) is 26.9 Å². The van der Waals surface area contributed by atoms with Crippen LogP contribution < -0.4 is 4.74 Å². The molecule has 0 saturated heterocycles.